The molecule has 3 heteroatoms. The number of benzene rings is 1. The largest absolute Gasteiger partial charge is 0.379 e. The molecule has 0 aromatic heterocycles. The van der Waals surface area contributed by atoms with Gasteiger partial charge in [-0.25, -0.2) is 0 Å². The van der Waals surface area contributed by atoms with Gasteiger partial charge < -0.3 is 10.8 Å². The van der Waals surface area contributed by atoms with Crippen molar-refractivity contribution in [3.8, 4) is 0 Å². The Bertz CT molecular complexity index is 233. The summed E-state index contributed by atoms with van der Waals surface area (Å²) < 4.78 is 1.07. The first-order valence-electron chi connectivity index (χ1n) is 3.86. The molecule has 0 heterocycles. The summed E-state index contributed by atoms with van der Waals surface area (Å²) >= 11 is 3.35. The predicted molar refractivity (Wildman–Crippen MR) is 52.7 cm³/mol. The smallest absolute Gasteiger partial charge is 0.102 e. The molecule has 0 radical (unpaired) electrons. The molecule has 0 saturated carbocycles. The zero-order valence-electron chi connectivity index (χ0n) is 6.70. The first-order chi connectivity index (χ1) is 5.68. The highest BCUT2D eigenvalue weighted by atomic mass is 79.9. The van der Waals surface area contributed by atoms with Crippen LogP contribution in [0.2, 0.25) is 0 Å². The van der Waals surface area contributed by atoms with Crippen molar-refractivity contribution in [2.24, 2.45) is 5.73 Å². The molecule has 0 bridgehead atoms. The van der Waals surface area contributed by atoms with Gasteiger partial charge in [0.15, 0.2) is 0 Å². The van der Waals surface area contributed by atoms with Gasteiger partial charge in [-0.3, -0.25) is 0 Å². The quantitative estimate of drug-likeness (QED) is 0.775. The Kier molecular flexibility index (Phi) is 3.72. The zero-order valence-corrected chi connectivity index (χ0v) is 8.29. The standard InChI is InChI=1S/C9H12BrNO/c10-8-4-1-7(2-5-8)3-6-9(11)12/h1-2,4-5,9,12H,3,6,11H2. The van der Waals surface area contributed by atoms with Gasteiger partial charge in [0.05, 0.1) is 0 Å². The Morgan fingerprint density at radius 2 is 1.92 bits per heavy atom. The molecular formula is C9H12BrNO. The van der Waals surface area contributed by atoms with E-state index in [2.05, 4.69) is 15.9 Å². The van der Waals surface area contributed by atoms with Crippen LogP contribution in [-0.4, -0.2) is 11.3 Å². The second-order valence-electron chi connectivity index (χ2n) is 2.73. The van der Waals surface area contributed by atoms with Crippen LogP contribution < -0.4 is 5.73 Å². The average molecular weight is 230 g/mol. The number of aliphatic hydroxyl groups excluding tert-OH is 1. The minimum absolute atomic E-state index is 0.613. The number of hydrogen-bond acceptors (Lipinski definition) is 2. The van der Waals surface area contributed by atoms with E-state index in [-0.39, 0.29) is 0 Å². The maximum atomic E-state index is 8.84. The lowest BCUT2D eigenvalue weighted by Crippen LogP contribution is -2.19. The van der Waals surface area contributed by atoms with E-state index in [1.807, 2.05) is 24.3 Å². The van der Waals surface area contributed by atoms with E-state index in [0.29, 0.717) is 6.42 Å². The molecule has 1 aromatic carbocycles. The van der Waals surface area contributed by atoms with Gasteiger partial charge in [-0.2, -0.15) is 0 Å². The van der Waals surface area contributed by atoms with Gasteiger partial charge >= 0.3 is 0 Å². The van der Waals surface area contributed by atoms with E-state index in [0.717, 1.165) is 10.9 Å². The number of aryl methyl sites for hydroxylation is 1. The average Bonchev–Trinajstić information content (AvgIpc) is 2.03. The van der Waals surface area contributed by atoms with E-state index in [1.54, 1.807) is 0 Å². The third kappa shape index (κ3) is 3.34. The van der Waals surface area contributed by atoms with Crippen LogP contribution in [0.15, 0.2) is 28.7 Å². The Balaban J connectivity index is 2.48. The van der Waals surface area contributed by atoms with E-state index in [1.165, 1.54) is 5.56 Å². The first-order valence-corrected chi connectivity index (χ1v) is 4.66. The highest BCUT2D eigenvalue weighted by molar-refractivity contribution is 9.10. The van der Waals surface area contributed by atoms with Crippen molar-refractivity contribution in [3.05, 3.63) is 34.3 Å². The Morgan fingerprint density at radius 3 is 2.42 bits per heavy atom. The fourth-order valence-electron chi connectivity index (χ4n) is 0.966. The molecule has 0 saturated heterocycles. The predicted octanol–water partition coefficient (Wildman–Crippen LogP) is 1.66. The summed E-state index contributed by atoms with van der Waals surface area (Å²) in [5.74, 6) is 0. The minimum atomic E-state index is -0.700. The molecule has 12 heavy (non-hydrogen) atoms. The van der Waals surface area contributed by atoms with Crippen LogP contribution in [0.5, 0.6) is 0 Å². The van der Waals surface area contributed by atoms with Crippen LogP contribution in [0.25, 0.3) is 0 Å². The summed E-state index contributed by atoms with van der Waals surface area (Å²) in [4.78, 5) is 0. The molecule has 0 aliphatic carbocycles. The summed E-state index contributed by atoms with van der Waals surface area (Å²) in [6.45, 7) is 0. The summed E-state index contributed by atoms with van der Waals surface area (Å²) in [7, 11) is 0. The van der Waals surface area contributed by atoms with Gasteiger partial charge in [-0.15, -0.1) is 0 Å². The van der Waals surface area contributed by atoms with Crippen molar-refractivity contribution < 1.29 is 5.11 Å². The van der Waals surface area contributed by atoms with Crippen molar-refractivity contribution in [2.45, 2.75) is 19.1 Å². The lowest BCUT2D eigenvalue weighted by atomic mass is 10.1. The van der Waals surface area contributed by atoms with Crippen LogP contribution in [0, 0.1) is 0 Å². The van der Waals surface area contributed by atoms with E-state index in [9.17, 15) is 0 Å². The fraction of sp³-hybridized carbons (Fsp3) is 0.333. The Labute approximate surface area is 80.5 Å². The maximum absolute atomic E-state index is 8.84. The minimum Gasteiger partial charge on any atom is -0.379 e. The van der Waals surface area contributed by atoms with Gasteiger partial charge in [0.1, 0.15) is 6.23 Å². The molecule has 2 nitrogen and oxygen atoms in total. The maximum Gasteiger partial charge on any atom is 0.102 e. The van der Waals surface area contributed by atoms with Crippen LogP contribution in [0.3, 0.4) is 0 Å². The second kappa shape index (κ2) is 4.60. The van der Waals surface area contributed by atoms with Crippen LogP contribution in [-0.2, 0) is 6.42 Å². The Morgan fingerprint density at radius 1 is 1.33 bits per heavy atom. The third-order valence-corrected chi connectivity index (χ3v) is 2.17. The molecule has 0 aliphatic rings. The zero-order chi connectivity index (χ0) is 8.97. The molecule has 0 amide bonds. The molecule has 1 aromatic rings. The summed E-state index contributed by atoms with van der Waals surface area (Å²) in [6.07, 6.45) is 0.737. The molecular weight excluding hydrogens is 218 g/mol. The van der Waals surface area contributed by atoms with Crippen LogP contribution in [0.4, 0.5) is 0 Å². The van der Waals surface area contributed by atoms with Gasteiger partial charge in [0.25, 0.3) is 0 Å². The molecule has 0 aliphatic heterocycles. The SMILES string of the molecule is NC(O)CCc1ccc(Br)cc1. The van der Waals surface area contributed by atoms with Crippen molar-refractivity contribution in [1.82, 2.24) is 0 Å². The number of aliphatic hydroxyl groups is 1. The summed E-state index contributed by atoms with van der Waals surface area (Å²) in [5, 5.41) is 8.84. The molecule has 1 rings (SSSR count). The van der Waals surface area contributed by atoms with E-state index < -0.39 is 6.23 Å². The number of halogens is 1. The summed E-state index contributed by atoms with van der Waals surface area (Å²) in [5.41, 5.74) is 6.41. The van der Waals surface area contributed by atoms with Gasteiger partial charge in [0, 0.05) is 4.47 Å². The van der Waals surface area contributed by atoms with E-state index >= 15 is 0 Å². The molecule has 1 atom stereocenters. The number of nitrogens with two attached hydrogens (primary N) is 1. The Hall–Kier alpha value is -0.380. The second-order valence-corrected chi connectivity index (χ2v) is 3.65. The molecule has 1 unspecified atom stereocenters. The molecule has 3 N–H and O–H groups in total. The molecule has 66 valence electrons. The normalized spacial score (nSPS) is 12.9. The third-order valence-electron chi connectivity index (χ3n) is 1.64. The lowest BCUT2D eigenvalue weighted by Gasteiger charge is -2.03. The first kappa shape index (κ1) is 9.71. The van der Waals surface area contributed by atoms with Crippen LogP contribution in [0.1, 0.15) is 12.0 Å². The highest BCUT2D eigenvalue weighted by Gasteiger charge is 1.97. The molecule has 0 spiro atoms. The number of hydrogen-bond donors (Lipinski definition) is 2. The van der Waals surface area contributed by atoms with Crippen molar-refractivity contribution >= 4 is 15.9 Å². The van der Waals surface area contributed by atoms with Crippen molar-refractivity contribution in [2.75, 3.05) is 0 Å². The van der Waals surface area contributed by atoms with Crippen molar-refractivity contribution in [1.29, 1.82) is 0 Å². The topological polar surface area (TPSA) is 46.2 Å². The lowest BCUT2D eigenvalue weighted by molar-refractivity contribution is 0.172. The van der Waals surface area contributed by atoms with Gasteiger partial charge in [0.2, 0.25) is 0 Å². The summed E-state index contributed by atoms with van der Waals surface area (Å²) in [6, 6.07) is 8.01. The van der Waals surface area contributed by atoms with Gasteiger partial charge in [-0.05, 0) is 30.5 Å². The van der Waals surface area contributed by atoms with Crippen LogP contribution >= 0.6 is 15.9 Å². The van der Waals surface area contributed by atoms with E-state index in [4.69, 9.17) is 10.8 Å². The molecule has 0 fully saturated rings. The highest BCUT2D eigenvalue weighted by Crippen LogP contribution is 2.11. The van der Waals surface area contributed by atoms with Crippen molar-refractivity contribution in [3.63, 3.8) is 0 Å². The van der Waals surface area contributed by atoms with Gasteiger partial charge in [-0.1, -0.05) is 28.1 Å². The number of rotatable bonds is 3. The fourth-order valence-corrected chi connectivity index (χ4v) is 1.23. The monoisotopic (exact) mass is 229 g/mol.